The Morgan fingerprint density at radius 3 is 2.68 bits per heavy atom. The lowest BCUT2D eigenvalue weighted by Crippen LogP contribution is -2.06. The minimum absolute atomic E-state index is 0.269. The third kappa shape index (κ3) is 2.95. The van der Waals surface area contributed by atoms with Crippen LogP contribution in [0.4, 0.5) is 5.13 Å². The molecule has 1 fully saturated rings. The number of aryl methyl sites for hydroxylation is 1. The predicted molar refractivity (Wildman–Crippen MR) is 79.7 cm³/mol. The maximum absolute atomic E-state index is 4.57. The van der Waals surface area contributed by atoms with E-state index in [4.69, 9.17) is 0 Å². The molecular formula is C15H19N3S. The van der Waals surface area contributed by atoms with Crippen LogP contribution in [0.2, 0.25) is 0 Å². The molecule has 1 aromatic heterocycles. The van der Waals surface area contributed by atoms with Gasteiger partial charge >= 0.3 is 0 Å². The Hall–Kier alpha value is -1.42. The zero-order valence-corrected chi connectivity index (χ0v) is 12.2. The van der Waals surface area contributed by atoms with Crippen molar-refractivity contribution in [1.29, 1.82) is 0 Å². The number of aromatic nitrogens is 2. The predicted octanol–water partition coefficient (Wildman–Crippen LogP) is 4.15. The van der Waals surface area contributed by atoms with Gasteiger partial charge in [-0.25, -0.2) is 4.98 Å². The number of anilines is 1. The Morgan fingerprint density at radius 1 is 1.32 bits per heavy atom. The number of nitrogens with one attached hydrogen (secondary N) is 1. The van der Waals surface area contributed by atoms with Gasteiger partial charge in [0.15, 0.2) is 0 Å². The minimum atomic E-state index is 0.269. The molecule has 3 nitrogen and oxygen atoms in total. The number of nitrogens with zero attached hydrogens (tertiary/aromatic N) is 2. The Bertz CT molecular complexity index is 543. The van der Waals surface area contributed by atoms with Crippen molar-refractivity contribution in [2.75, 3.05) is 5.32 Å². The van der Waals surface area contributed by atoms with Crippen molar-refractivity contribution >= 4 is 16.7 Å². The van der Waals surface area contributed by atoms with Crippen LogP contribution in [0.15, 0.2) is 24.3 Å². The van der Waals surface area contributed by atoms with E-state index in [2.05, 4.69) is 52.8 Å². The van der Waals surface area contributed by atoms with Gasteiger partial charge in [-0.3, -0.25) is 0 Å². The normalized spacial score (nSPS) is 16.3. The Labute approximate surface area is 118 Å². The summed E-state index contributed by atoms with van der Waals surface area (Å²) in [5.41, 5.74) is 2.67. The van der Waals surface area contributed by atoms with Gasteiger partial charge in [0.1, 0.15) is 5.82 Å². The van der Waals surface area contributed by atoms with Gasteiger partial charge in [-0.15, -0.1) is 0 Å². The lowest BCUT2D eigenvalue weighted by molar-refractivity contribution is 0.873. The molecule has 1 unspecified atom stereocenters. The first-order valence-electron chi connectivity index (χ1n) is 6.95. The van der Waals surface area contributed by atoms with Gasteiger partial charge in [-0.2, -0.15) is 4.37 Å². The monoisotopic (exact) mass is 273 g/mol. The molecule has 0 amide bonds. The summed E-state index contributed by atoms with van der Waals surface area (Å²) in [4.78, 5) is 4.57. The highest BCUT2D eigenvalue weighted by Crippen LogP contribution is 2.39. The SMILES string of the molecule is CCc1ccc(C(C)Nc2nc(C3CC3)ns2)cc1. The van der Waals surface area contributed by atoms with Crippen LogP contribution in [0.1, 0.15) is 55.6 Å². The molecule has 1 N–H and O–H groups in total. The first-order chi connectivity index (χ1) is 9.26. The van der Waals surface area contributed by atoms with Crippen molar-refractivity contribution in [2.45, 2.75) is 45.1 Å². The average molecular weight is 273 g/mol. The zero-order chi connectivity index (χ0) is 13.2. The molecule has 1 heterocycles. The van der Waals surface area contributed by atoms with E-state index in [-0.39, 0.29) is 6.04 Å². The van der Waals surface area contributed by atoms with Crippen molar-refractivity contribution in [1.82, 2.24) is 9.36 Å². The van der Waals surface area contributed by atoms with E-state index in [1.807, 2.05) is 0 Å². The summed E-state index contributed by atoms with van der Waals surface area (Å²) in [6.45, 7) is 4.34. The fraction of sp³-hybridized carbons (Fsp3) is 0.467. The minimum Gasteiger partial charge on any atom is -0.354 e. The number of hydrogen-bond acceptors (Lipinski definition) is 4. The topological polar surface area (TPSA) is 37.8 Å². The lowest BCUT2D eigenvalue weighted by atomic mass is 10.1. The molecule has 0 saturated heterocycles. The first kappa shape index (κ1) is 12.6. The highest BCUT2D eigenvalue weighted by molar-refractivity contribution is 7.09. The molecule has 100 valence electrons. The number of benzene rings is 1. The molecule has 2 aromatic rings. The largest absolute Gasteiger partial charge is 0.354 e. The van der Waals surface area contributed by atoms with Gasteiger partial charge in [0.2, 0.25) is 5.13 Å². The standard InChI is InChI=1S/C15H19N3S/c1-3-11-4-6-12(7-5-11)10(2)16-15-17-14(18-19-15)13-8-9-13/h4-7,10,13H,3,8-9H2,1-2H3,(H,16,17,18). The molecule has 19 heavy (non-hydrogen) atoms. The van der Waals surface area contributed by atoms with E-state index in [1.165, 1.54) is 35.5 Å². The molecule has 0 radical (unpaired) electrons. The fourth-order valence-corrected chi connectivity index (χ4v) is 2.85. The lowest BCUT2D eigenvalue weighted by Gasteiger charge is -2.13. The van der Waals surface area contributed by atoms with E-state index < -0.39 is 0 Å². The second-order valence-electron chi connectivity index (χ2n) is 5.19. The van der Waals surface area contributed by atoms with Gasteiger partial charge in [0.25, 0.3) is 0 Å². The molecule has 1 aliphatic carbocycles. The van der Waals surface area contributed by atoms with E-state index in [9.17, 15) is 0 Å². The van der Waals surface area contributed by atoms with E-state index in [1.54, 1.807) is 0 Å². The molecule has 0 spiro atoms. The number of rotatable bonds is 5. The molecule has 3 rings (SSSR count). The van der Waals surface area contributed by atoms with Gasteiger partial charge in [0.05, 0.1) is 6.04 Å². The fourth-order valence-electron chi connectivity index (χ4n) is 2.11. The third-order valence-electron chi connectivity index (χ3n) is 3.61. The second-order valence-corrected chi connectivity index (χ2v) is 5.95. The third-order valence-corrected chi connectivity index (χ3v) is 4.27. The molecule has 1 saturated carbocycles. The van der Waals surface area contributed by atoms with Gasteiger partial charge in [-0.1, -0.05) is 31.2 Å². The van der Waals surface area contributed by atoms with E-state index in [0.717, 1.165) is 17.4 Å². The second kappa shape index (κ2) is 5.29. The Balaban J connectivity index is 1.66. The molecule has 4 heteroatoms. The van der Waals surface area contributed by atoms with E-state index >= 15 is 0 Å². The highest BCUT2D eigenvalue weighted by Gasteiger charge is 2.27. The van der Waals surface area contributed by atoms with Crippen molar-refractivity contribution in [2.24, 2.45) is 0 Å². The summed E-state index contributed by atoms with van der Waals surface area (Å²) in [5.74, 6) is 1.66. The van der Waals surface area contributed by atoms with Gasteiger partial charge in [0, 0.05) is 17.5 Å². The van der Waals surface area contributed by atoms with Crippen molar-refractivity contribution in [3.63, 3.8) is 0 Å². The van der Waals surface area contributed by atoms with Crippen molar-refractivity contribution < 1.29 is 0 Å². The highest BCUT2D eigenvalue weighted by atomic mass is 32.1. The van der Waals surface area contributed by atoms with E-state index in [0.29, 0.717) is 5.92 Å². The summed E-state index contributed by atoms with van der Waals surface area (Å²) in [6.07, 6.45) is 3.59. The molecule has 1 aliphatic rings. The average Bonchev–Trinajstić information content (AvgIpc) is 3.20. The van der Waals surface area contributed by atoms with Crippen LogP contribution < -0.4 is 5.32 Å². The van der Waals surface area contributed by atoms with Gasteiger partial charge in [-0.05, 0) is 37.3 Å². The zero-order valence-electron chi connectivity index (χ0n) is 11.4. The molecule has 1 aromatic carbocycles. The van der Waals surface area contributed by atoms with Gasteiger partial charge < -0.3 is 5.32 Å². The molecular weight excluding hydrogens is 254 g/mol. The van der Waals surface area contributed by atoms with Crippen LogP contribution >= 0.6 is 11.5 Å². The quantitative estimate of drug-likeness (QED) is 0.889. The number of hydrogen-bond donors (Lipinski definition) is 1. The summed E-state index contributed by atoms with van der Waals surface area (Å²) >= 11 is 1.48. The van der Waals surface area contributed by atoms with Crippen LogP contribution in [0.3, 0.4) is 0 Å². The van der Waals surface area contributed by atoms with Crippen LogP contribution in [0.25, 0.3) is 0 Å². The van der Waals surface area contributed by atoms with Crippen LogP contribution in [0.5, 0.6) is 0 Å². The maximum Gasteiger partial charge on any atom is 0.203 e. The van der Waals surface area contributed by atoms with Crippen molar-refractivity contribution in [3.8, 4) is 0 Å². The molecule has 0 aliphatic heterocycles. The Morgan fingerprint density at radius 2 is 2.05 bits per heavy atom. The van der Waals surface area contributed by atoms with Crippen LogP contribution in [-0.4, -0.2) is 9.36 Å². The van der Waals surface area contributed by atoms with Crippen LogP contribution in [0, 0.1) is 0 Å². The smallest absolute Gasteiger partial charge is 0.203 e. The Kier molecular flexibility index (Phi) is 3.51. The molecule has 0 bridgehead atoms. The molecule has 1 atom stereocenters. The summed E-state index contributed by atoms with van der Waals surface area (Å²) < 4.78 is 4.42. The summed E-state index contributed by atoms with van der Waals surface area (Å²) in [6, 6.07) is 9.05. The first-order valence-corrected chi connectivity index (χ1v) is 7.72. The van der Waals surface area contributed by atoms with Crippen molar-refractivity contribution in [3.05, 3.63) is 41.2 Å². The summed E-state index contributed by atoms with van der Waals surface area (Å²) in [5, 5.41) is 4.38. The summed E-state index contributed by atoms with van der Waals surface area (Å²) in [7, 11) is 0. The van der Waals surface area contributed by atoms with Crippen LogP contribution in [-0.2, 0) is 6.42 Å². The maximum atomic E-state index is 4.57.